The molecule has 0 bridgehead atoms. The molecule has 0 saturated heterocycles. The van der Waals surface area contributed by atoms with E-state index in [1.54, 1.807) is 39.0 Å². The lowest BCUT2D eigenvalue weighted by atomic mass is 10.1. The van der Waals surface area contributed by atoms with Crippen LogP contribution in [0, 0.1) is 0 Å². The van der Waals surface area contributed by atoms with Crippen LogP contribution in [0.4, 0.5) is 0 Å². The molecule has 32 heavy (non-hydrogen) atoms. The third kappa shape index (κ3) is 3.89. The Morgan fingerprint density at radius 1 is 0.844 bits per heavy atom. The van der Waals surface area contributed by atoms with Crippen LogP contribution in [-0.2, 0) is 0 Å². The number of rotatable bonds is 5. The molecule has 2 heterocycles. The van der Waals surface area contributed by atoms with Gasteiger partial charge in [0.25, 0.3) is 23.6 Å². The molecule has 0 spiro atoms. The molecule has 166 valence electrons. The highest BCUT2D eigenvalue weighted by atomic mass is 16.7. The highest BCUT2D eigenvalue weighted by molar-refractivity contribution is 6.22. The Morgan fingerprint density at radius 3 is 2.06 bits per heavy atom. The smallest absolute Gasteiger partial charge is 0.262 e. The first kappa shape index (κ1) is 21.4. The average Bonchev–Trinajstić information content (AvgIpc) is 3.32. The molecule has 9 nitrogen and oxygen atoms in total. The van der Waals surface area contributed by atoms with Gasteiger partial charge in [0.05, 0.1) is 11.1 Å². The molecule has 0 unspecified atom stereocenters. The minimum atomic E-state index is -0.661. The minimum absolute atomic E-state index is 0.128. The molecule has 0 atom stereocenters. The van der Waals surface area contributed by atoms with Gasteiger partial charge in [-0.1, -0.05) is 0 Å². The molecule has 9 heteroatoms. The number of nitrogens with zero attached hydrogens (tertiary/aromatic N) is 1. The zero-order valence-electron chi connectivity index (χ0n) is 18.0. The molecule has 2 aromatic carbocycles. The molecule has 4 rings (SSSR count). The van der Waals surface area contributed by atoms with E-state index >= 15 is 0 Å². The van der Waals surface area contributed by atoms with E-state index in [9.17, 15) is 19.2 Å². The summed E-state index contributed by atoms with van der Waals surface area (Å²) in [4.78, 5) is 51.2. The third-order valence-electron chi connectivity index (χ3n) is 5.15. The minimum Gasteiger partial charge on any atom is -0.454 e. The summed E-state index contributed by atoms with van der Waals surface area (Å²) in [5.41, 5.74) is 0.533. The number of imide groups is 1. The van der Waals surface area contributed by atoms with Gasteiger partial charge in [0.2, 0.25) is 6.79 Å². The largest absolute Gasteiger partial charge is 0.454 e. The van der Waals surface area contributed by atoms with Crippen LogP contribution in [0.2, 0.25) is 0 Å². The van der Waals surface area contributed by atoms with Gasteiger partial charge in [0.15, 0.2) is 11.5 Å². The standard InChI is InChI=1S/C23H23N3O6/c1-23(2,3)26-21(29)15-6-4-13(10-16(15)22(26)30)19(27)24-8-9-25-20(28)14-5-7-17-18(11-14)32-12-31-17/h4-7,10-11H,8-9,12H2,1-3H3,(H,24,27)(H,25,28). The van der Waals surface area contributed by atoms with Gasteiger partial charge in [-0.2, -0.15) is 0 Å². The number of nitrogens with one attached hydrogen (secondary N) is 2. The number of carbonyl (C=O) groups excluding carboxylic acids is 4. The number of hydrogen-bond donors (Lipinski definition) is 2. The zero-order valence-corrected chi connectivity index (χ0v) is 18.0. The van der Waals surface area contributed by atoms with Crippen LogP contribution in [0.25, 0.3) is 0 Å². The molecule has 2 aliphatic rings. The second-order valence-corrected chi connectivity index (χ2v) is 8.46. The maximum absolute atomic E-state index is 12.7. The second kappa shape index (κ2) is 7.99. The number of amides is 4. The van der Waals surface area contributed by atoms with E-state index in [1.165, 1.54) is 23.1 Å². The number of fused-ring (bicyclic) bond motifs is 2. The van der Waals surface area contributed by atoms with Crippen molar-refractivity contribution in [3.8, 4) is 11.5 Å². The van der Waals surface area contributed by atoms with E-state index in [-0.39, 0.29) is 48.4 Å². The fourth-order valence-corrected chi connectivity index (χ4v) is 3.59. The summed E-state index contributed by atoms with van der Waals surface area (Å²) in [5.74, 6) is -0.380. The Bertz CT molecular complexity index is 1140. The van der Waals surface area contributed by atoms with E-state index in [0.29, 0.717) is 17.1 Å². The van der Waals surface area contributed by atoms with Gasteiger partial charge in [0, 0.05) is 29.8 Å². The molecule has 4 amide bonds. The van der Waals surface area contributed by atoms with E-state index in [0.717, 1.165) is 0 Å². The molecule has 2 aliphatic heterocycles. The first-order valence-electron chi connectivity index (χ1n) is 10.2. The first-order valence-corrected chi connectivity index (χ1v) is 10.2. The van der Waals surface area contributed by atoms with Crippen LogP contribution in [0.3, 0.4) is 0 Å². The number of carbonyl (C=O) groups is 4. The lowest BCUT2D eigenvalue weighted by Crippen LogP contribution is -2.45. The Hall–Kier alpha value is -3.88. The Kier molecular flexibility index (Phi) is 5.33. The number of ether oxygens (including phenoxy) is 2. The van der Waals surface area contributed by atoms with E-state index in [4.69, 9.17) is 9.47 Å². The van der Waals surface area contributed by atoms with Crippen molar-refractivity contribution >= 4 is 23.6 Å². The predicted molar refractivity (Wildman–Crippen MR) is 114 cm³/mol. The van der Waals surface area contributed by atoms with Crippen LogP contribution in [-0.4, -0.2) is 54.0 Å². The lowest BCUT2D eigenvalue weighted by molar-refractivity contribution is 0.0507. The van der Waals surface area contributed by atoms with Crippen LogP contribution < -0.4 is 20.1 Å². The zero-order chi connectivity index (χ0) is 23.0. The SMILES string of the molecule is CC(C)(C)N1C(=O)c2ccc(C(=O)NCCNC(=O)c3ccc4c(c3)OCO4)cc2C1=O. The van der Waals surface area contributed by atoms with Crippen LogP contribution in [0.1, 0.15) is 62.2 Å². The molecule has 0 aliphatic carbocycles. The molecule has 0 radical (unpaired) electrons. The van der Waals surface area contributed by atoms with Crippen molar-refractivity contribution < 1.29 is 28.7 Å². The van der Waals surface area contributed by atoms with Gasteiger partial charge in [-0.15, -0.1) is 0 Å². The summed E-state index contributed by atoms with van der Waals surface area (Å²) in [6.07, 6.45) is 0. The van der Waals surface area contributed by atoms with Crippen LogP contribution >= 0.6 is 0 Å². The fraction of sp³-hybridized carbons (Fsp3) is 0.304. The second-order valence-electron chi connectivity index (χ2n) is 8.46. The molecule has 2 aromatic rings. The van der Waals surface area contributed by atoms with Crippen molar-refractivity contribution in [2.75, 3.05) is 19.9 Å². The van der Waals surface area contributed by atoms with E-state index in [2.05, 4.69) is 10.6 Å². The van der Waals surface area contributed by atoms with Gasteiger partial charge in [-0.25, -0.2) is 0 Å². The van der Waals surface area contributed by atoms with E-state index < -0.39 is 17.4 Å². The maximum Gasteiger partial charge on any atom is 0.262 e. The summed E-state index contributed by atoms with van der Waals surface area (Å²) >= 11 is 0. The average molecular weight is 437 g/mol. The Balaban J connectivity index is 1.33. The van der Waals surface area contributed by atoms with Crippen LogP contribution in [0.15, 0.2) is 36.4 Å². The van der Waals surface area contributed by atoms with Gasteiger partial charge < -0.3 is 20.1 Å². The number of hydrogen-bond acceptors (Lipinski definition) is 6. The van der Waals surface area contributed by atoms with Crippen molar-refractivity contribution in [1.29, 1.82) is 0 Å². The van der Waals surface area contributed by atoms with Crippen molar-refractivity contribution in [1.82, 2.24) is 15.5 Å². The van der Waals surface area contributed by atoms with Crippen molar-refractivity contribution in [2.24, 2.45) is 0 Å². The van der Waals surface area contributed by atoms with Gasteiger partial charge in [-0.05, 0) is 57.2 Å². The summed E-state index contributed by atoms with van der Waals surface area (Å²) < 4.78 is 10.5. The highest BCUT2D eigenvalue weighted by Gasteiger charge is 2.42. The van der Waals surface area contributed by atoms with Crippen molar-refractivity contribution in [3.63, 3.8) is 0 Å². The monoisotopic (exact) mass is 437 g/mol. The number of benzene rings is 2. The molecule has 2 N–H and O–H groups in total. The summed E-state index contributed by atoms with van der Waals surface area (Å²) in [7, 11) is 0. The topological polar surface area (TPSA) is 114 Å². The maximum atomic E-state index is 12.7. The highest BCUT2D eigenvalue weighted by Crippen LogP contribution is 2.32. The van der Waals surface area contributed by atoms with Gasteiger partial charge in [0.1, 0.15) is 0 Å². The Morgan fingerprint density at radius 2 is 1.41 bits per heavy atom. The summed E-state index contributed by atoms with van der Waals surface area (Å²) in [6, 6.07) is 9.33. The summed E-state index contributed by atoms with van der Waals surface area (Å²) in [6.45, 7) is 5.86. The molecular formula is C23H23N3O6. The fourth-order valence-electron chi connectivity index (χ4n) is 3.59. The van der Waals surface area contributed by atoms with Crippen molar-refractivity contribution in [3.05, 3.63) is 58.7 Å². The van der Waals surface area contributed by atoms with Crippen molar-refractivity contribution in [2.45, 2.75) is 26.3 Å². The third-order valence-corrected chi connectivity index (χ3v) is 5.15. The van der Waals surface area contributed by atoms with Crippen LogP contribution in [0.5, 0.6) is 11.5 Å². The molecule has 0 saturated carbocycles. The van der Waals surface area contributed by atoms with Gasteiger partial charge >= 0.3 is 0 Å². The molecule has 0 aromatic heterocycles. The molecular weight excluding hydrogens is 414 g/mol. The Labute approximate surface area is 184 Å². The quantitative estimate of drug-likeness (QED) is 0.546. The van der Waals surface area contributed by atoms with E-state index in [1.807, 2.05) is 0 Å². The molecule has 0 fully saturated rings. The lowest BCUT2D eigenvalue weighted by Gasteiger charge is -2.29. The summed E-state index contributed by atoms with van der Waals surface area (Å²) in [5, 5.41) is 5.42. The normalized spacial score (nSPS) is 14.4. The predicted octanol–water partition coefficient (Wildman–Crippen LogP) is 1.97. The first-order chi connectivity index (χ1) is 15.2. The van der Waals surface area contributed by atoms with Gasteiger partial charge in [-0.3, -0.25) is 24.1 Å².